The summed E-state index contributed by atoms with van der Waals surface area (Å²) in [6, 6.07) is 10.4. The van der Waals surface area contributed by atoms with Crippen molar-refractivity contribution in [3.63, 3.8) is 0 Å². The van der Waals surface area contributed by atoms with Crippen LogP contribution in [0.15, 0.2) is 65.6 Å². The Bertz CT molecular complexity index is 1550. The Labute approximate surface area is 222 Å². The quantitative estimate of drug-likeness (QED) is 0.380. The first kappa shape index (κ1) is 27.3. The number of benzene rings is 3. The van der Waals surface area contributed by atoms with Gasteiger partial charge in [0.1, 0.15) is 11.6 Å². The zero-order valence-corrected chi connectivity index (χ0v) is 21.5. The molecule has 2 atom stereocenters. The summed E-state index contributed by atoms with van der Waals surface area (Å²) in [7, 11) is -5.76. The van der Waals surface area contributed by atoms with Crippen LogP contribution in [-0.4, -0.2) is 49.9 Å². The molecule has 3 aromatic rings. The molecule has 1 fully saturated rings. The van der Waals surface area contributed by atoms with Crippen molar-refractivity contribution in [1.82, 2.24) is 0 Å². The van der Waals surface area contributed by atoms with Gasteiger partial charge in [-0.15, -0.1) is 0 Å². The van der Waals surface area contributed by atoms with Gasteiger partial charge in [0, 0.05) is 34.9 Å². The average molecular weight is 591 g/mol. The van der Waals surface area contributed by atoms with Gasteiger partial charge in [-0.3, -0.25) is 8.51 Å². The van der Waals surface area contributed by atoms with E-state index in [4.69, 9.17) is 0 Å². The first-order chi connectivity index (χ1) is 18.3. The molecule has 14 heteroatoms. The van der Waals surface area contributed by atoms with E-state index in [1.54, 1.807) is 12.1 Å². The van der Waals surface area contributed by atoms with Gasteiger partial charge >= 0.3 is 12.8 Å². The lowest BCUT2D eigenvalue weighted by Gasteiger charge is -2.46. The van der Waals surface area contributed by atoms with Crippen LogP contribution in [0.1, 0.15) is 5.56 Å². The highest BCUT2D eigenvalue weighted by Crippen LogP contribution is 2.43. The number of fused-ring (bicyclic) bond motifs is 3. The molecule has 0 aliphatic carbocycles. The average Bonchev–Trinajstić information content (AvgIpc) is 2.86. The fraction of sp³-hybridized carbons (Fsp3) is 0.280. The van der Waals surface area contributed by atoms with Crippen LogP contribution in [0, 0.1) is 5.82 Å². The van der Waals surface area contributed by atoms with Crippen LogP contribution >= 0.6 is 0 Å². The van der Waals surface area contributed by atoms with Gasteiger partial charge in [-0.05, 0) is 53.6 Å². The van der Waals surface area contributed by atoms with Crippen molar-refractivity contribution in [3.8, 4) is 16.9 Å². The minimum atomic E-state index is -4.77. The van der Waals surface area contributed by atoms with Crippen LogP contribution in [0.25, 0.3) is 11.1 Å². The van der Waals surface area contributed by atoms with E-state index in [2.05, 4.69) is 4.74 Å². The van der Waals surface area contributed by atoms with Crippen LogP contribution in [0.3, 0.4) is 0 Å². The molecule has 39 heavy (non-hydrogen) atoms. The standard InChI is InChI=1S/C25H20F6N2O4S2/c26-18-8-16(9-20(12-18)37-24(27)28)15-4-5-22-23(10-15)33(13-19-14-38(34)7-6-32(19)22)39(35,36)21-3-1-2-17(11-21)25(29,30)31/h1-5,8-12,19,24H,6-7,13-14H2. The molecule has 0 amide bonds. The van der Waals surface area contributed by atoms with E-state index in [9.17, 15) is 39.0 Å². The largest absolute Gasteiger partial charge is 0.435 e. The minimum absolute atomic E-state index is 0.106. The van der Waals surface area contributed by atoms with E-state index in [1.165, 1.54) is 6.07 Å². The van der Waals surface area contributed by atoms with Gasteiger partial charge in [0.2, 0.25) is 0 Å². The fourth-order valence-electron chi connectivity index (χ4n) is 4.76. The van der Waals surface area contributed by atoms with Crippen molar-refractivity contribution in [2.45, 2.75) is 23.7 Å². The van der Waals surface area contributed by atoms with Crippen LogP contribution in [-0.2, 0) is 27.0 Å². The Morgan fingerprint density at radius 2 is 1.74 bits per heavy atom. The number of anilines is 2. The summed E-state index contributed by atoms with van der Waals surface area (Å²) in [5.74, 6) is -0.803. The lowest BCUT2D eigenvalue weighted by molar-refractivity contribution is -0.137. The van der Waals surface area contributed by atoms with Gasteiger partial charge in [0.25, 0.3) is 10.0 Å². The van der Waals surface area contributed by atoms with E-state index in [-0.39, 0.29) is 29.1 Å². The maximum Gasteiger partial charge on any atom is 0.416 e. The summed E-state index contributed by atoms with van der Waals surface area (Å²) in [6.07, 6.45) is -4.77. The number of rotatable bonds is 5. The molecule has 0 saturated carbocycles. The first-order valence-electron chi connectivity index (χ1n) is 11.5. The number of hydrogen-bond donors (Lipinski definition) is 0. The molecule has 0 N–H and O–H groups in total. The molecule has 0 bridgehead atoms. The highest BCUT2D eigenvalue weighted by Gasteiger charge is 2.41. The molecular weight excluding hydrogens is 570 g/mol. The van der Waals surface area contributed by atoms with E-state index in [0.29, 0.717) is 24.1 Å². The summed E-state index contributed by atoms with van der Waals surface area (Å²) in [5, 5.41) is 0. The number of ether oxygens (including phenoxy) is 1. The first-order valence-corrected chi connectivity index (χ1v) is 14.5. The third kappa shape index (κ3) is 5.44. The molecule has 1 saturated heterocycles. The van der Waals surface area contributed by atoms with Gasteiger partial charge in [0.15, 0.2) is 0 Å². The second kappa shape index (κ2) is 10.0. The Morgan fingerprint density at radius 1 is 0.974 bits per heavy atom. The maximum atomic E-state index is 14.2. The Hall–Kier alpha value is -3.26. The zero-order chi connectivity index (χ0) is 28.1. The molecule has 2 aliphatic rings. The third-order valence-corrected chi connectivity index (χ3v) is 9.66. The second-order valence-electron chi connectivity index (χ2n) is 8.98. The molecule has 2 heterocycles. The Balaban J connectivity index is 1.64. The lowest BCUT2D eigenvalue weighted by atomic mass is 10.0. The monoisotopic (exact) mass is 590 g/mol. The van der Waals surface area contributed by atoms with E-state index in [1.807, 2.05) is 4.90 Å². The van der Waals surface area contributed by atoms with Gasteiger partial charge < -0.3 is 9.64 Å². The topological polar surface area (TPSA) is 66.9 Å². The normalized spacial score (nSPS) is 19.6. The molecule has 0 aromatic heterocycles. The van der Waals surface area contributed by atoms with Gasteiger partial charge in [0.05, 0.1) is 34.4 Å². The van der Waals surface area contributed by atoms with Crippen molar-refractivity contribution >= 4 is 32.2 Å². The van der Waals surface area contributed by atoms with Crippen molar-refractivity contribution in [1.29, 1.82) is 0 Å². The summed E-state index contributed by atoms with van der Waals surface area (Å²) in [6.45, 7) is -3.03. The number of sulfonamides is 1. The number of nitrogens with zero attached hydrogens (tertiary/aromatic N) is 2. The third-order valence-electron chi connectivity index (χ3n) is 6.49. The highest BCUT2D eigenvalue weighted by atomic mass is 32.2. The molecule has 2 unspecified atom stereocenters. The van der Waals surface area contributed by atoms with Crippen LogP contribution in [0.5, 0.6) is 5.75 Å². The molecule has 0 spiro atoms. The zero-order valence-electron chi connectivity index (χ0n) is 19.9. The second-order valence-corrected chi connectivity index (χ2v) is 12.5. The van der Waals surface area contributed by atoms with E-state index in [0.717, 1.165) is 40.7 Å². The van der Waals surface area contributed by atoms with Gasteiger partial charge in [-0.1, -0.05) is 12.1 Å². The summed E-state index contributed by atoms with van der Waals surface area (Å²) in [5.41, 5.74) is -0.221. The van der Waals surface area contributed by atoms with Crippen molar-refractivity contribution in [3.05, 3.63) is 72.0 Å². The van der Waals surface area contributed by atoms with Crippen molar-refractivity contribution in [2.24, 2.45) is 0 Å². The maximum absolute atomic E-state index is 14.2. The van der Waals surface area contributed by atoms with Crippen LogP contribution in [0.4, 0.5) is 37.7 Å². The molecule has 3 aromatic carbocycles. The smallest absolute Gasteiger partial charge is 0.416 e. The highest BCUT2D eigenvalue weighted by molar-refractivity contribution is 7.92. The van der Waals surface area contributed by atoms with Gasteiger partial charge in [-0.2, -0.15) is 22.0 Å². The number of halogens is 6. The summed E-state index contributed by atoms with van der Waals surface area (Å²) < 4.78 is 125. The van der Waals surface area contributed by atoms with E-state index >= 15 is 0 Å². The molecule has 0 radical (unpaired) electrons. The number of alkyl halides is 5. The van der Waals surface area contributed by atoms with Crippen LogP contribution in [0.2, 0.25) is 0 Å². The lowest BCUT2D eigenvalue weighted by Crippen LogP contribution is -2.56. The predicted molar refractivity (Wildman–Crippen MR) is 133 cm³/mol. The molecule has 6 nitrogen and oxygen atoms in total. The predicted octanol–water partition coefficient (Wildman–Crippen LogP) is 5.26. The minimum Gasteiger partial charge on any atom is -0.435 e. The van der Waals surface area contributed by atoms with Crippen LogP contribution < -0.4 is 13.9 Å². The molecule has 2 aliphatic heterocycles. The Morgan fingerprint density at radius 3 is 2.46 bits per heavy atom. The molecule has 208 valence electrons. The van der Waals surface area contributed by atoms with E-state index < -0.39 is 61.7 Å². The number of hydrogen-bond acceptors (Lipinski definition) is 5. The van der Waals surface area contributed by atoms with Gasteiger partial charge in [-0.25, -0.2) is 12.8 Å². The Kier molecular flexibility index (Phi) is 7.04. The molecule has 5 rings (SSSR count). The fourth-order valence-corrected chi connectivity index (χ4v) is 7.60. The van der Waals surface area contributed by atoms with Crippen molar-refractivity contribution in [2.75, 3.05) is 33.8 Å². The summed E-state index contributed by atoms with van der Waals surface area (Å²) >= 11 is 0. The van der Waals surface area contributed by atoms with Crippen molar-refractivity contribution < 1.29 is 43.7 Å². The SMILES string of the molecule is O=S1CCN2c3ccc(-c4cc(F)cc(OC(F)F)c4)cc3N(S(=O)(=O)c3cccc(C(F)(F)F)c3)CC2C1. The summed E-state index contributed by atoms with van der Waals surface area (Å²) in [4.78, 5) is 1.30. The molecular formula is C25H20F6N2O4S2.